The number of rotatable bonds is 2. The highest BCUT2D eigenvalue weighted by atomic mass is 32.1. The van der Waals surface area contributed by atoms with E-state index in [9.17, 15) is 0 Å². The number of hydrogen-bond acceptors (Lipinski definition) is 2. The van der Waals surface area contributed by atoms with Crippen molar-refractivity contribution in [2.45, 2.75) is 6.04 Å². The second-order valence-electron chi connectivity index (χ2n) is 7.01. The number of benzene rings is 2. The second kappa shape index (κ2) is 7.06. The third-order valence-corrected chi connectivity index (χ3v) is 5.44. The van der Waals surface area contributed by atoms with Crippen molar-refractivity contribution < 1.29 is 0 Å². The summed E-state index contributed by atoms with van der Waals surface area (Å²) in [5.74, 6) is 0. The molecule has 3 nitrogen and oxygen atoms in total. The van der Waals surface area contributed by atoms with Crippen LogP contribution in [0.4, 0.5) is 0 Å². The van der Waals surface area contributed by atoms with E-state index in [1.807, 2.05) is 6.07 Å². The van der Waals surface area contributed by atoms with Gasteiger partial charge in [-0.15, -0.1) is 0 Å². The molecular formula is C22H23N3S. The summed E-state index contributed by atoms with van der Waals surface area (Å²) in [6, 6.07) is 21.3. The molecule has 2 heterocycles. The minimum Gasteiger partial charge on any atom is -0.341 e. The monoisotopic (exact) mass is 361 g/mol. The predicted octanol–water partition coefficient (Wildman–Crippen LogP) is 3.83. The molecule has 2 aromatic carbocycles. The molecule has 4 rings (SSSR count). The molecule has 1 atom stereocenters. The van der Waals surface area contributed by atoms with Gasteiger partial charge in [-0.3, -0.25) is 4.90 Å². The number of hydrogen-bond donors (Lipinski definition) is 1. The molecule has 2 aliphatic rings. The molecule has 0 saturated carbocycles. The normalized spacial score (nSPS) is 22.4. The fourth-order valence-electron chi connectivity index (χ4n) is 3.86. The Bertz CT molecular complexity index is 871. The summed E-state index contributed by atoms with van der Waals surface area (Å²) in [4.78, 5) is 4.54. The zero-order valence-electron chi connectivity index (χ0n) is 15.1. The van der Waals surface area contributed by atoms with Gasteiger partial charge in [0.2, 0.25) is 0 Å². The number of nitrogens with one attached hydrogen (secondary N) is 1. The van der Waals surface area contributed by atoms with E-state index in [2.05, 4.69) is 89.9 Å². The van der Waals surface area contributed by atoms with Crippen LogP contribution in [0.3, 0.4) is 0 Å². The molecular weight excluding hydrogens is 338 g/mol. The summed E-state index contributed by atoms with van der Waals surface area (Å²) in [7, 11) is 4.25. The maximum absolute atomic E-state index is 5.66. The Hall–Kier alpha value is -2.43. The van der Waals surface area contributed by atoms with Crippen LogP contribution in [0.15, 0.2) is 77.5 Å². The molecule has 0 fully saturated rings. The molecule has 132 valence electrons. The van der Waals surface area contributed by atoms with Gasteiger partial charge < -0.3 is 10.2 Å². The van der Waals surface area contributed by atoms with Crippen molar-refractivity contribution in [1.82, 2.24) is 15.1 Å². The van der Waals surface area contributed by atoms with Crippen LogP contribution >= 0.6 is 12.2 Å². The molecule has 0 saturated heterocycles. The van der Waals surface area contributed by atoms with Crippen LogP contribution in [0, 0.1) is 0 Å². The molecule has 0 amide bonds. The molecule has 2 aliphatic heterocycles. The van der Waals surface area contributed by atoms with E-state index in [0.29, 0.717) is 0 Å². The SMILES string of the molecule is CN1CC2=C(NC(=S)N(C)C2c2ccccc2)/C(=C/c2ccccc2)C1. The maximum atomic E-state index is 5.66. The molecule has 0 bridgehead atoms. The summed E-state index contributed by atoms with van der Waals surface area (Å²) < 4.78 is 0. The van der Waals surface area contributed by atoms with E-state index in [0.717, 1.165) is 18.2 Å². The maximum Gasteiger partial charge on any atom is 0.173 e. The van der Waals surface area contributed by atoms with E-state index in [-0.39, 0.29) is 6.04 Å². The summed E-state index contributed by atoms with van der Waals surface area (Å²) in [5, 5.41) is 4.28. The van der Waals surface area contributed by atoms with Gasteiger partial charge in [0.1, 0.15) is 0 Å². The van der Waals surface area contributed by atoms with Gasteiger partial charge in [0.25, 0.3) is 0 Å². The lowest BCUT2D eigenvalue weighted by Gasteiger charge is -2.43. The van der Waals surface area contributed by atoms with Gasteiger partial charge in [0.15, 0.2) is 5.11 Å². The molecule has 0 spiro atoms. The van der Waals surface area contributed by atoms with Crippen LogP contribution in [-0.2, 0) is 0 Å². The van der Waals surface area contributed by atoms with Crippen molar-refractivity contribution in [2.75, 3.05) is 27.2 Å². The van der Waals surface area contributed by atoms with Gasteiger partial charge in [-0.1, -0.05) is 60.7 Å². The molecule has 0 radical (unpaired) electrons. The zero-order valence-corrected chi connectivity index (χ0v) is 16.0. The van der Waals surface area contributed by atoms with Crippen molar-refractivity contribution in [3.63, 3.8) is 0 Å². The Balaban J connectivity index is 1.84. The number of thiocarbonyl (C=S) groups is 1. The van der Waals surface area contributed by atoms with Gasteiger partial charge in [-0.25, -0.2) is 0 Å². The van der Waals surface area contributed by atoms with Crippen LogP contribution in [0.25, 0.3) is 6.08 Å². The molecule has 0 aromatic heterocycles. The van der Waals surface area contributed by atoms with E-state index >= 15 is 0 Å². The van der Waals surface area contributed by atoms with Gasteiger partial charge in [-0.05, 0) is 47.6 Å². The van der Waals surface area contributed by atoms with Crippen LogP contribution in [-0.4, -0.2) is 42.1 Å². The van der Waals surface area contributed by atoms with Gasteiger partial charge in [0, 0.05) is 25.8 Å². The average Bonchev–Trinajstić information content (AvgIpc) is 2.65. The van der Waals surface area contributed by atoms with E-state index in [4.69, 9.17) is 12.2 Å². The smallest absolute Gasteiger partial charge is 0.173 e. The Morgan fingerprint density at radius 2 is 1.62 bits per heavy atom. The lowest BCUT2D eigenvalue weighted by molar-refractivity contribution is 0.318. The number of nitrogens with zero attached hydrogens (tertiary/aromatic N) is 2. The summed E-state index contributed by atoms with van der Waals surface area (Å²) in [6.07, 6.45) is 2.27. The first-order valence-corrected chi connectivity index (χ1v) is 9.30. The highest BCUT2D eigenvalue weighted by Gasteiger charge is 2.35. The minimum absolute atomic E-state index is 0.168. The van der Waals surface area contributed by atoms with Gasteiger partial charge in [0.05, 0.1) is 6.04 Å². The highest BCUT2D eigenvalue weighted by molar-refractivity contribution is 7.80. The van der Waals surface area contributed by atoms with Crippen molar-refractivity contribution >= 4 is 23.4 Å². The average molecular weight is 362 g/mol. The minimum atomic E-state index is 0.168. The number of likely N-dealkylation sites (N-methyl/N-ethyl adjacent to an activating group) is 2. The van der Waals surface area contributed by atoms with Gasteiger partial charge >= 0.3 is 0 Å². The molecule has 2 aromatic rings. The van der Waals surface area contributed by atoms with Crippen LogP contribution < -0.4 is 5.32 Å². The Morgan fingerprint density at radius 3 is 2.31 bits per heavy atom. The summed E-state index contributed by atoms with van der Waals surface area (Å²) in [6.45, 7) is 1.84. The highest BCUT2D eigenvalue weighted by Crippen LogP contribution is 2.37. The van der Waals surface area contributed by atoms with Gasteiger partial charge in [-0.2, -0.15) is 0 Å². The Kier molecular flexibility index (Phi) is 4.62. The topological polar surface area (TPSA) is 18.5 Å². The summed E-state index contributed by atoms with van der Waals surface area (Å²) in [5.41, 5.74) is 6.36. The van der Waals surface area contributed by atoms with Crippen LogP contribution in [0.5, 0.6) is 0 Å². The Morgan fingerprint density at radius 1 is 0.962 bits per heavy atom. The molecule has 1 unspecified atom stereocenters. The largest absolute Gasteiger partial charge is 0.341 e. The van der Waals surface area contributed by atoms with Crippen LogP contribution in [0.1, 0.15) is 17.2 Å². The lowest BCUT2D eigenvalue weighted by atomic mass is 9.88. The molecule has 4 heteroatoms. The standard InChI is InChI=1S/C22H23N3S/c1-24-14-18(13-16-9-5-3-6-10-16)20-19(15-24)21(25(2)22(26)23-20)17-11-7-4-8-12-17/h3-13,21H,14-15H2,1-2H3,(H,23,26)/b18-13+. The first-order chi connectivity index (χ1) is 12.6. The first kappa shape index (κ1) is 17.0. The van der Waals surface area contributed by atoms with Crippen LogP contribution in [0.2, 0.25) is 0 Å². The zero-order chi connectivity index (χ0) is 18.1. The quantitative estimate of drug-likeness (QED) is 0.819. The van der Waals surface area contributed by atoms with E-state index in [1.54, 1.807) is 0 Å². The third kappa shape index (κ3) is 3.18. The van der Waals surface area contributed by atoms with Crippen molar-refractivity contribution in [3.8, 4) is 0 Å². The van der Waals surface area contributed by atoms with E-state index < -0.39 is 0 Å². The Labute approximate surface area is 160 Å². The summed E-state index contributed by atoms with van der Waals surface area (Å²) >= 11 is 5.66. The predicted molar refractivity (Wildman–Crippen MR) is 112 cm³/mol. The first-order valence-electron chi connectivity index (χ1n) is 8.90. The fraction of sp³-hybridized carbons (Fsp3) is 0.227. The van der Waals surface area contributed by atoms with Crippen molar-refractivity contribution in [3.05, 3.63) is 88.6 Å². The lowest BCUT2D eigenvalue weighted by Crippen LogP contribution is -2.50. The second-order valence-corrected chi connectivity index (χ2v) is 7.39. The molecule has 1 N–H and O–H groups in total. The fourth-order valence-corrected chi connectivity index (χ4v) is 4.07. The molecule has 0 aliphatic carbocycles. The van der Waals surface area contributed by atoms with E-state index in [1.165, 1.54) is 28.0 Å². The van der Waals surface area contributed by atoms with Crippen molar-refractivity contribution in [2.24, 2.45) is 0 Å². The molecule has 26 heavy (non-hydrogen) atoms. The van der Waals surface area contributed by atoms with Crippen molar-refractivity contribution in [1.29, 1.82) is 0 Å². The third-order valence-electron chi connectivity index (χ3n) is 5.05.